The molecule has 4 amide bonds. The minimum atomic E-state index is -0.873. The van der Waals surface area contributed by atoms with Crippen molar-refractivity contribution >= 4 is 46.7 Å². The van der Waals surface area contributed by atoms with Crippen LogP contribution in [0.3, 0.4) is 0 Å². The predicted molar refractivity (Wildman–Crippen MR) is 106 cm³/mol. The molecule has 1 fully saturated rings. The van der Waals surface area contributed by atoms with Crippen LogP contribution in [0.15, 0.2) is 30.5 Å². The minimum absolute atomic E-state index is 0.00671. The topological polar surface area (TPSA) is 133 Å². The second-order valence-corrected chi connectivity index (χ2v) is 7.22. The molecule has 2 aromatic rings. The molecule has 3 N–H and O–H groups in total. The molecule has 1 aromatic carbocycles. The second kappa shape index (κ2) is 7.71. The molecule has 0 bridgehead atoms. The Bertz CT molecular complexity index is 1070. The van der Waals surface area contributed by atoms with Crippen molar-refractivity contribution in [2.45, 2.75) is 32.0 Å². The number of aromatic nitrogens is 2. The molecule has 3 heterocycles. The van der Waals surface area contributed by atoms with Crippen LogP contribution in [0.2, 0.25) is 5.28 Å². The Labute approximate surface area is 176 Å². The molecule has 4 rings (SSSR count). The summed E-state index contributed by atoms with van der Waals surface area (Å²) in [6.45, 7) is 1.36. The molecular formula is C19H17ClN6O4. The first-order valence-corrected chi connectivity index (χ1v) is 9.55. The maximum Gasteiger partial charge on any atom is 0.256 e. The number of halogens is 1. The maximum absolute atomic E-state index is 13.3. The summed E-state index contributed by atoms with van der Waals surface area (Å²) >= 11 is 5.88. The number of amides is 4. The zero-order chi connectivity index (χ0) is 21.4. The van der Waals surface area contributed by atoms with E-state index < -0.39 is 24.0 Å². The van der Waals surface area contributed by atoms with Crippen LogP contribution in [0.25, 0.3) is 0 Å². The van der Waals surface area contributed by atoms with Crippen molar-refractivity contribution < 1.29 is 19.2 Å². The third kappa shape index (κ3) is 3.57. The fourth-order valence-corrected chi connectivity index (χ4v) is 3.85. The fraction of sp³-hybridized carbons (Fsp3) is 0.263. The monoisotopic (exact) mass is 428 g/mol. The number of hydrogen-bond acceptors (Lipinski definition) is 7. The molecule has 2 aliphatic heterocycles. The van der Waals surface area contributed by atoms with Gasteiger partial charge in [0.2, 0.25) is 23.0 Å². The van der Waals surface area contributed by atoms with Crippen LogP contribution in [0.4, 0.5) is 11.5 Å². The lowest BCUT2D eigenvalue weighted by atomic mass is 10.0. The van der Waals surface area contributed by atoms with Crippen molar-refractivity contribution in [2.24, 2.45) is 0 Å². The Balaban J connectivity index is 1.80. The van der Waals surface area contributed by atoms with E-state index in [2.05, 4.69) is 25.9 Å². The van der Waals surface area contributed by atoms with Gasteiger partial charge in [0.15, 0.2) is 0 Å². The lowest BCUT2D eigenvalue weighted by molar-refractivity contribution is -0.137. The Morgan fingerprint density at radius 3 is 2.77 bits per heavy atom. The summed E-state index contributed by atoms with van der Waals surface area (Å²) in [5.41, 5.74) is 1.27. The first-order valence-electron chi connectivity index (χ1n) is 9.17. The van der Waals surface area contributed by atoms with Crippen LogP contribution in [0.5, 0.6) is 0 Å². The molecule has 154 valence electrons. The van der Waals surface area contributed by atoms with E-state index in [0.717, 1.165) is 0 Å². The highest BCUT2D eigenvalue weighted by molar-refractivity contribution is 6.28. The summed E-state index contributed by atoms with van der Waals surface area (Å²) in [7, 11) is 0. The summed E-state index contributed by atoms with van der Waals surface area (Å²) in [5, 5.41) is 8.12. The van der Waals surface area contributed by atoms with Gasteiger partial charge in [-0.3, -0.25) is 24.5 Å². The molecule has 0 spiro atoms. The second-order valence-electron chi connectivity index (χ2n) is 6.89. The molecule has 2 atom stereocenters. The molecule has 2 aliphatic rings. The number of rotatable bonds is 4. The Morgan fingerprint density at radius 1 is 1.27 bits per heavy atom. The van der Waals surface area contributed by atoms with Gasteiger partial charge in [-0.15, -0.1) is 0 Å². The van der Waals surface area contributed by atoms with E-state index in [-0.39, 0.29) is 29.9 Å². The minimum Gasteiger partial charge on any atom is -0.346 e. The number of benzene rings is 1. The van der Waals surface area contributed by atoms with E-state index in [1.165, 1.54) is 18.0 Å². The smallest absolute Gasteiger partial charge is 0.256 e. The van der Waals surface area contributed by atoms with Gasteiger partial charge in [-0.25, -0.2) is 9.97 Å². The van der Waals surface area contributed by atoms with Gasteiger partial charge in [0, 0.05) is 36.4 Å². The molecule has 1 aromatic heterocycles. The molecule has 10 nitrogen and oxygen atoms in total. The first-order chi connectivity index (χ1) is 14.3. The van der Waals surface area contributed by atoms with E-state index in [1.807, 2.05) is 0 Å². The third-order valence-corrected chi connectivity index (χ3v) is 5.07. The molecule has 11 heteroatoms. The Morgan fingerprint density at radius 2 is 2.07 bits per heavy atom. The summed E-state index contributed by atoms with van der Waals surface area (Å²) in [5.74, 6) is -1.31. The average molecular weight is 429 g/mol. The van der Waals surface area contributed by atoms with Crippen molar-refractivity contribution in [2.75, 3.05) is 10.6 Å². The SMILES string of the molecule is CC(=O)Nc1cccc2c1C(Nc1ccnc(Cl)n1)N(C1CCC(=O)NC1=O)C2=O. The summed E-state index contributed by atoms with van der Waals surface area (Å²) in [4.78, 5) is 58.4. The fourth-order valence-electron chi connectivity index (χ4n) is 3.71. The van der Waals surface area contributed by atoms with Gasteiger partial charge in [0.1, 0.15) is 18.0 Å². The summed E-state index contributed by atoms with van der Waals surface area (Å²) < 4.78 is 0. The normalized spacial score (nSPS) is 20.6. The van der Waals surface area contributed by atoms with Gasteiger partial charge in [-0.05, 0) is 36.2 Å². The lowest BCUT2D eigenvalue weighted by Gasteiger charge is -2.35. The van der Waals surface area contributed by atoms with Crippen molar-refractivity contribution in [3.63, 3.8) is 0 Å². The molecular weight excluding hydrogens is 412 g/mol. The van der Waals surface area contributed by atoms with Crippen LogP contribution >= 0.6 is 11.6 Å². The number of piperidine rings is 1. The van der Waals surface area contributed by atoms with Crippen molar-refractivity contribution in [3.05, 3.63) is 46.9 Å². The van der Waals surface area contributed by atoms with Crippen LogP contribution in [0, 0.1) is 0 Å². The van der Waals surface area contributed by atoms with Crippen molar-refractivity contribution in [3.8, 4) is 0 Å². The van der Waals surface area contributed by atoms with Gasteiger partial charge < -0.3 is 15.5 Å². The number of fused-ring (bicyclic) bond motifs is 1. The number of anilines is 2. The number of carbonyl (C=O) groups excluding carboxylic acids is 4. The highest BCUT2D eigenvalue weighted by Gasteiger charge is 2.46. The molecule has 1 saturated heterocycles. The Hall–Kier alpha value is -3.53. The van der Waals surface area contributed by atoms with Gasteiger partial charge in [0.25, 0.3) is 5.91 Å². The molecule has 0 saturated carbocycles. The molecule has 0 radical (unpaired) electrons. The standard InChI is InChI=1S/C19H17ClN6O4/c1-9(27)22-11-4-2-3-10-15(11)16(23-13-7-8-21-19(20)24-13)26(18(10)30)12-5-6-14(28)25-17(12)29/h2-4,7-8,12,16H,5-6H2,1H3,(H,22,27)(H,21,23,24)(H,25,28,29). The number of hydrogen-bond donors (Lipinski definition) is 3. The first kappa shape index (κ1) is 19.8. The number of carbonyl (C=O) groups is 4. The van der Waals surface area contributed by atoms with Crippen LogP contribution < -0.4 is 16.0 Å². The van der Waals surface area contributed by atoms with Gasteiger partial charge in [-0.1, -0.05) is 6.07 Å². The zero-order valence-corrected chi connectivity index (χ0v) is 16.6. The number of nitrogens with one attached hydrogen (secondary N) is 3. The summed E-state index contributed by atoms with van der Waals surface area (Å²) in [6.07, 6.45) is 0.917. The molecule has 0 aliphatic carbocycles. The van der Waals surface area contributed by atoms with Crippen molar-refractivity contribution in [1.82, 2.24) is 20.2 Å². The van der Waals surface area contributed by atoms with Gasteiger partial charge in [0.05, 0.1) is 0 Å². The highest BCUT2D eigenvalue weighted by Crippen LogP contribution is 2.41. The largest absolute Gasteiger partial charge is 0.346 e. The van der Waals surface area contributed by atoms with Gasteiger partial charge >= 0.3 is 0 Å². The quantitative estimate of drug-likeness (QED) is 0.495. The average Bonchev–Trinajstić information content (AvgIpc) is 2.95. The van der Waals surface area contributed by atoms with Gasteiger partial charge in [-0.2, -0.15) is 0 Å². The van der Waals surface area contributed by atoms with E-state index in [9.17, 15) is 19.2 Å². The predicted octanol–water partition coefficient (Wildman–Crippen LogP) is 1.46. The highest BCUT2D eigenvalue weighted by atomic mass is 35.5. The lowest BCUT2D eigenvalue weighted by Crippen LogP contribution is -2.54. The maximum atomic E-state index is 13.3. The molecule has 2 unspecified atom stereocenters. The van der Waals surface area contributed by atoms with Crippen LogP contribution in [-0.4, -0.2) is 44.5 Å². The van der Waals surface area contributed by atoms with E-state index >= 15 is 0 Å². The van der Waals surface area contributed by atoms with Crippen LogP contribution in [0.1, 0.15) is 41.9 Å². The Kier molecular flexibility index (Phi) is 5.08. The zero-order valence-electron chi connectivity index (χ0n) is 15.8. The summed E-state index contributed by atoms with van der Waals surface area (Å²) in [6, 6.07) is 5.63. The third-order valence-electron chi connectivity index (χ3n) is 4.89. The van der Waals surface area contributed by atoms with E-state index in [4.69, 9.17) is 11.6 Å². The number of nitrogens with zero attached hydrogens (tertiary/aromatic N) is 3. The molecule has 30 heavy (non-hydrogen) atoms. The van der Waals surface area contributed by atoms with E-state index in [1.54, 1.807) is 24.3 Å². The van der Waals surface area contributed by atoms with E-state index in [0.29, 0.717) is 22.6 Å². The number of imide groups is 1. The van der Waals surface area contributed by atoms with Crippen molar-refractivity contribution in [1.29, 1.82) is 0 Å². The van der Waals surface area contributed by atoms with Crippen LogP contribution in [-0.2, 0) is 14.4 Å².